The number of carboxylic acid groups (broad SMARTS) is 1. The Labute approximate surface area is 199 Å². The molecule has 170 valence electrons. The van der Waals surface area contributed by atoms with E-state index in [1.165, 1.54) is 11.8 Å². The topological polar surface area (TPSA) is 168 Å². The van der Waals surface area contributed by atoms with Crippen LogP contribution in [-0.4, -0.2) is 54.9 Å². The molecule has 0 aliphatic carbocycles. The Kier molecular flexibility index (Phi) is 6.44. The van der Waals surface area contributed by atoms with Gasteiger partial charge in [0, 0.05) is 18.1 Å². The Hall–Kier alpha value is -3.29. The highest BCUT2D eigenvalue weighted by atomic mass is 35.5. The summed E-state index contributed by atoms with van der Waals surface area (Å²) in [5, 5.41) is 14.4. The molecule has 2 aliphatic rings. The number of hydrogen-bond acceptors (Lipinski definition) is 10. The maximum absolute atomic E-state index is 12.8. The molecular weight excluding hydrogens is 492 g/mol. The number of thioether (sulfide) groups is 1. The van der Waals surface area contributed by atoms with Crippen LogP contribution >= 0.6 is 34.7 Å². The summed E-state index contributed by atoms with van der Waals surface area (Å²) in [6.07, 6.45) is 6.58. The van der Waals surface area contributed by atoms with Crippen LogP contribution in [0.25, 0.3) is 6.08 Å². The van der Waals surface area contributed by atoms with Gasteiger partial charge in [-0.15, -0.1) is 16.7 Å². The lowest BCUT2D eigenvalue weighted by molar-refractivity contribution is -0.150. The van der Waals surface area contributed by atoms with Crippen LogP contribution < -0.4 is 11.1 Å². The molecule has 2 amide bonds. The second kappa shape index (κ2) is 9.29. The quantitative estimate of drug-likeness (QED) is 0.375. The minimum absolute atomic E-state index is 0.0435. The molecule has 0 spiro atoms. The zero-order valence-corrected chi connectivity index (χ0v) is 18.9. The van der Waals surface area contributed by atoms with Gasteiger partial charge >= 0.3 is 5.97 Å². The Morgan fingerprint density at radius 3 is 2.82 bits per heavy atom. The fourth-order valence-electron chi connectivity index (χ4n) is 3.39. The molecule has 11 nitrogen and oxygen atoms in total. The van der Waals surface area contributed by atoms with Crippen molar-refractivity contribution in [3.63, 3.8) is 0 Å². The van der Waals surface area contributed by atoms with E-state index in [1.807, 2.05) is 6.07 Å². The van der Waals surface area contributed by atoms with Gasteiger partial charge in [0.05, 0.1) is 0 Å². The summed E-state index contributed by atoms with van der Waals surface area (Å²) in [5.41, 5.74) is 6.52. The minimum atomic E-state index is -1.59. The number of carbonyl (C=O) groups is 3. The van der Waals surface area contributed by atoms with E-state index < -0.39 is 35.2 Å². The number of carboxylic acids is 1. The normalized spacial score (nSPS) is 20.9. The highest BCUT2D eigenvalue weighted by Crippen LogP contribution is 2.41. The van der Waals surface area contributed by atoms with Gasteiger partial charge in [0.1, 0.15) is 27.1 Å². The second-order valence-electron chi connectivity index (χ2n) is 6.91. The molecule has 4 heterocycles. The number of aromatic nitrogens is 2. The van der Waals surface area contributed by atoms with E-state index in [2.05, 4.69) is 20.5 Å². The summed E-state index contributed by atoms with van der Waals surface area (Å²) in [6, 6.07) is 0.941. The lowest BCUT2D eigenvalue weighted by Crippen LogP contribution is -2.70. The van der Waals surface area contributed by atoms with E-state index in [9.17, 15) is 24.4 Å². The van der Waals surface area contributed by atoms with Gasteiger partial charge in [0.25, 0.3) is 11.8 Å². The largest absolute Gasteiger partial charge is 0.477 e. The van der Waals surface area contributed by atoms with Gasteiger partial charge in [-0.05, 0) is 22.4 Å². The maximum Gasteiger partial charge on any atom is 0.352 e. The first kappa shape index (κ1) is 22.9. The van der Waals surface area contributed by atoms with Crippen LogP contribution in [0.3, 0.4) is 0 Å². The smallest absolute Gasteiger partial charge is 0.352 e. The number of rotatable bonds is 7. The molecule has 0 bridgehead atoms. The predicted molar refractivity (Wildman–Crippen MR) is 123 cm³/mol. The number of halogens is 1. The molecule has 14 heteroatoms. The predicted octanol–water partition coefficient (Wildman–Crippen LogP) is 2.03. The Balaban J connectivity index is 1.53. The molecule has 1 saturated heterocycles. The third-order valence-electron chi connectivity index (χ3n) is 4.90. The van der Waals surface area contributed by atoms with Crippen molar-refractivity contribution in [2.24, 2.45) is 5.18 Å². The van der Waals surface area contributed by atoms with Gasteiger partial charge in [-0.2, -0.15) is 0 Å². The molecule has 1 unspecified atom stereocenters. The van der Waals surface area contributed by atoms with Crippen molar-refractivity contribution in [3.05, 3.63) is 62.4 Å². The van der Waals surface area contributed by atoms with Crippen LogP contribution in [0.1, 0.15) is 17.3 Å². The molecule has 0 aromatic carbocycles. The number of β-lactam (4-membered cyclic amide) rings is 1. The van der Waals surface area contributed by atoms with Crippen LogP contribution in [-0.2, 0) is 14.4 Å². The number of nitroso groups, excluding NO2 is 1. The molecule has 1 fully saturated rings. The highest BCUT2D eigenvalue weighted by molar-refractivity contribution is 8.00. The molecule has 2 aromatic rings. The number of hydrogen-bond donors (Lipinski definition) is 3. The van der Waals surface area contributed by atoms with Crippen molar-refractivity contribution in [1.82, 2.24) is 20.2 Å². The van der Waals surface area contributed by atoms with Crippen molar-refractivity contribution in [3.8, 4) is 0 Å². The van der Waals surface area contributed by atoms with Crippen LogP contribution in [0.2, 0.25) is 4.34 Å². The first-order valence-electron chi connectivity index (χ1n) is 9.35. The number of aliphatic carboxylic acids is 1. The molecular formula is C19H15ClN6O5S2. The van der Waals surface area contributed by atoms with E-state index in [1.54, 1.807) is 30.6 Å². The molecule has 4 N–H and O–H groups in total. The lowest BCUT2D eigenvalue weighted by Gasteiger charge is -2.49. The van der Waals surface area contributed by atoms with E-state index in [-0.39, 0.29) is 20.9 Å². The number of anilines is 1. The fraction of sp³-hybridized carbons (Fsp3) is 0.211. The van der Waals surface area contributed by atoms with Gasteiger partial charge in [-0.1, -0.05) is 41.2 Å². The maximum atomic E-state index is 12.8. The van der Waals surface area contributed by atoms with Crippen LogP contribution in [0.15, 0.2) is 47.0 Å². The zero-order valence-electron chi connectivity index (χ0n) is 16.5. The summed E-state index contributed by atoms with van der Waals surface area (Å²) in [6.45, 7) is 0. The Morgan fingerprint density at radius 1 is 1.42 bits per heavy atom. The monoisotopic (exact) mass is 506 g/mol. The number of nitrogen functional groups attached to an aromatic ring is 1. The first-order valence-corrected chi connectivity index (χ1v) is 11.6. The van der Waals surface area contributed by atoms with E-state index in [0.717, 1.165) is 21.8 Å². The average molecular weight is 507 g/mol. The highest BCUT2D eigenvalue weighted by Gasteiger charge is 2.54. The fourth-order valence-corrected chi connectivity index (χ4v) is 5.69. The first-order chi connectivity index (χ1) is 15.8. The van der Waals surface area contributed by atoms with Crippen LogP contribution in [0.5, 0.6) is 0 Å². The number of allylic oxidation sites excluding steroid dienone is 1. The van der Waals surface area contributed by atoms with Crippen LogP contribution in [0.4, 0.5) is 5.13 Å². The molecule has 0 radical (unpaired) electrons. The van der Waals surface area contributed by atoms with Gasteiger partial charge < -0.3 is 16.2 Å². The molecule has 2 aromatic heterocycles. The molecule has 33 heavy (non-hydrogen) atoms. The third-order valence-corrected chi connectivity index (χ3v) is 7.31. The summed E-state index contributed by atoms with van der Waals surface area (Å²) >= 11 is 8.14. The van der Waals surface area contributed by atoms with E-state index in [4.69, 9.17) is 17.3 Å². The van der Waals surface area contributed by atoms with Gasteiger partial charge in [0.2, 0.25) is 6.04 Å². The van der Waals surface area contributed by atoms with Crippen molar-refractivity contribution in [2.75, 3.05) is 11.5 Å². The minimum Gasteiger partial charge on any atom is -0.477 e. The number of nitrogens with two attached hydrogens (primary N) is 1. The summed E-state index contributed by atoms with van der Waals surface area (Å²) in [7, 11) is 0. The summed E-state index contributed by atoms with van der Waals surface area (Å²) in [4.78, 5) is 57.6. The molecule has 2 aliphatic heterocycles. The van der Waals surface area contributed by atoms with Gasteiger partial charge in [-0.3, -0.25) is 19.5 Å². The SMILES string of the molecule is Nc1nc(C(N=O)C(=O)N[C@@H]2C(=O)N3C(C(=O)O)=C(C=Cc4cccnc4)CS[C@@H]23)c(Cl)s1. The number of amides is 2. The number of nitrogens with one attached hydrogen (secondary N) is 1. The number of nitrogens with zero attached hydrogens (tertiary/aromatic N) is 4. The lowest BCUT2D eigenvalue weighted by atomic mass is 10.0. The average Bonchev–Trinajstić information content (AvgIpc) is 3.13. The number of carbonyl (C=O) groups excluding carboxylic acids is 2. The number of pyridine rings is 1. The van der Waals surface area contributed by atoms with Crippen LogP contribution in [0, 0.1) is 4.91 Å². The molecule has 4 rings (SSSR count). The van der Waals surface area contributed by atoms with Crippen molar-refractivity contribution < 1.29 is 19.5 Å². The number of thiazole rings is 1. The van der Waals surface area contributed by atoms with Crippen molar-refractivity contribution >= 4 is 63.7 Å². The third kappa shape index (κ3) is 4.34. The van der Waals surface area contributed by atoms with Gasteiger partial charge in [0.15, 0.2) is 5.13 Å². The Bertz CT molecular complexity index is 1200. The summed E-state index contributed by atoms with van der Waals surface area (Å²) in [5.74, 6) is -2.46. The van der Waals surface area contributed by atoms with Crippen molar-refractivity contribution in [1.29, 1.82) is 0 Å². The second-order valence-corrected chi connectivity index (χ2v) is 9.65. The number of fused-ring (bicyclic) bond motifs is 1. The van der Waals surface area contributed by atoms with Gasteiger partial charge in [-0.25, -0.2) is 9.78 Å². The summed E-state index contributed by atoms with van der Waals surface area (Å²) < 4.78 is 0.0435. The standard InChI is InChI=1S/C19H15ClN6O5S2/c20-14-10(24-19(21)33-14)11(25-31)15(27)23-12-16(28)26-13(18(29)30)9(7-32-17(12)26)4-3-8-2-1-5-22-6-8/h1-6,11-12,17H,7H2,(H2,21,24)(H,23,27)(H,29,30)/t11?,12-,17+/m1/s1. The molecule has 3 atom stereocenters. The van der Waals surface area contributed by atoms with Crippen molar-refractivity contribution in [2.45, 2.75) is 17.5 Å². The van der Waals surface area contributed by atoms with E-state index in [0.29, 0.717) is 11.3 Å². The van der Waals surface area contributed by atoms with E-state index >= 15 is 0 Å². The zero-order chi connectivity index (χ0) is 23.7. The Morgan fingerprint density at radius 2 is 2.21 bits per heavy atom. The molecule has 0 saturated carbocycles.